The molecule has 0 amide bonds. The molecule has 0 unspecified atom stereocenters. The van der Waals surface area contributed by atoms with Crippen LogP contribution < -0.4 is 0 Å². The van der Waals surface area contributed by atoms with Crippen LogP contribution in [0.2, 0.25) is 0 Å². The lowest BCUT2D eigenvalue weighted by Crippen LogP contribution is -2.05. The molecule has 1 aromatic rings. The summed E-state index contributed by atoms with van der Waals surface area (Å²) in [6, 6.07) is 4.76. The Labute approximate surface area is 138 Å². The second-order valence-corrected chi connectivity index (χ2v) is 6.12. The van der Waals surface area contributed by atoms with Crippen LogP contribution in [0.1, 0.15) is 81.5 Å². The first-order chi connectivity index (χ1) is 9.88. The average molecular weight is 307 g/mol. The molecule has 0 fully saturated rings. The molecule has 0 atom stereocenters. The molecule has 0 bridgehead atoms. The van der Waals surface area contributed by atoms with Crippen LogP contribution in [0.15, 0.2) is 38.4 Å². The fraction of sp³-hybridized carbons (Fsp3) is 0.500. The normalized spacial score (nSPS) is 10.0. The molecule has 0 aliphatic carbocycles. The van der Waals surface area contributed by atoms with Crippen LogP contribution >= 0.6 is 12.6 Å². The second kappa shape index (κ2) is 11.7. The Kier molecular flexibility index (Phi) is 12.4. The highest BCUT2D eigenvalue weighted by Crippen LogP contribution is 2.32. The van der Waals surface area contributed by atoms with E-state index >= 15 is 0 Å². The molecule has 1 aromatic carbocycles. The predicted molar refractivity (Wildman–Crippen MR) is 104 cm³/mol. The van der Waals surface area contributed by atoms with Crippen molar-refractivity contribution in [3.8, 4) is 0 Å². The van der Waals surface area contributed by atoms with Crippen molar-refractivity contribution in [1.82, 2.24) is 0 Å². The van der Waals surface area contributed by atoms with E-state index in [0.29, 0.717) is 17.8 Å². The first-order valence-corrected chi connectivity index (χ1v) is 8.29. The fourth-order valence-electron chi connectivity index (χ4n) is 2.29. The quantitative estimate of drug-likeness (QED) is 0.445. The zero-order valence-electron chi connectivity index (χ0n) is 14.9. The minimum atomic E-state index is 0.577. The third-order valence-electron chi connectivity index (χ3n) is 3.41. The van der Waals surface area contributed by atoms with E-state index in [1.165, 1.54) is 22.3 Å². The van der Waals surface area contributed by atoms with Crippen molar-refractivity contribution in [2.45, 2.75) is 65.0 Å². The monoisotopic (exact) mass is 306 g/mol. The van der Waals surface area contributed by atoms with Crippen LogP contribution in [0.4, 0.5) is 0 Å². The van der Waals surface area contributed by atoms with Gasteiger partial charge in [-0.15, -0.1) is 26.3 Å². The number of hydrogen-bond acceptors (Lipinski definition) is 1. The Hall–Kier alpha value is -0.950. The van der Waals surface area contributed by atoms with E-state index in [1.54, 1.807) is 0 Å². The molecule has 0 spiro atoms. The molecule has 1 heteroatoms. The van der Waals surface area contributed by atoms with Crippen molar-refractivity contribution in [3.05, 3.63) is 60.7 Å². The van der Waals surface area contributed by atoms with E-state index in [-0.39, 0.29) is 0 Å². The van der Waals surface area contributed by atoms with E-state index < -0.39 is 0 Å². The molecule has 0 radical (unpaired) electrons. The highest BCUT2D eigenvalue weighted by atomic mass is 32.1. The van der Waals surface area contributed by atoms with Crippen molar-refractivity contribution in [3.63, 3.8) is 0 Å². The standard InChI is InChI=1S/C16H26S.2C2H4/c1-10(2)13-7-14(11(3)4)16(9-17)15(8-13)12(5)6;2*1-2/h7-8,10-12,17H,9H2,1-6H3;2*1-2H2. The Morgan fingerprint density at radius 2 is 1.10 bits per heavy atom. The van der Waals surface area contributed by atoms with Gasteiger partial charge in [0.15, 0.2) is 0 Å². The van der Waals surface area contributed by atoms with Crippen molar-refractivity contribution in [1.29, 1.82) is 0 Å². The minimum absolute atomic E-state index is 0.577. The molecular formula is C20H34S. The second-order valence-electron chi connectivity index (χ2n) is 5.80. The van der Waals surface area contributed by atoms with E-state index in [4.69, 9.17) is 0 Å². The minimum Gasteiger partial charge on any atom is -0.175 e. The number of benzene rings is 1. The smallest absolute Gasteiger partial charge is 0.0159 e. The summed E-state index contributed by atoms with van der Waals surface area (Å²) < 4.78 is 0. The van der Waals surface area contributed by atoms with Crippen molar-refractivity contribution in [2.75, 3.05) is 0 Å². The molecule has 0 saturated carbocycles. The van der Waals surface area contributed by atoms with Crippen molar-refractivity contribution < 1.29 is 0 Å². The first-order valence-electron chi connectivity index (χ1n) is 7.65. The summed E-state index contributed by atoms with van der Waals surface area (Å²) in [4.78, 5) is 0. The molecular weight excluding hydrogens is 272 g/mol. The lowest BCUT2D eigenvalue weighted by Gasteiger charge is -2.21. The van der Waals surface area contributed by atoms with Gasteiger partial charge in [-0.25, -0.2) is 0 Å². The SMILES string of the molecule is C=C.C=C.CC(C)c1cc(C(C)C)c(CS)c(C(C)C)c1. The maximum absolute atomic E-state index is 4.52. The van der Waals surface area contributed by atoms with Crippen molar-refractivity contribution >= 4 is 12.6 Å². The maximum atomic E-state index is 4.52. The first kappa shape index (κ1) is 22.3. The van der Waals surface area contributed by atoms with Gasteiger partial charge in [0.1, 0.15) is 0 Å². The van der Waals surface area contributed by atoms with Gasteiger partial charge in [0.05, 0.1) is 0 Å². The molecule has 120 valence electrons. The van der Waals surface area contributed by atoms with Crippen LogP contribution in [0.25, 0.3) is 0 Å². The summed E-state index contributed by atoms with van der Waals surface area (Å²) in [6.07, 6.45) is 0. The predicted octanol–water partition coefficient (Wildman–Crippen LogP) is 7.09. The number of hydrogen-bond donors (Lipinski definition) is 1. The van der Waals surface area contributed by atoms with Gasteiger partial charge < -0.3 is 0 Å². The highest BCUT2D eigenvalue weighted by molar-refractivity contribution is 7.79. The number of thiol groups is 1. The molecule has 21 heavy (non-hydrogen) atoms. The lowest BCUT2D eigenvalue weighted by molar-refractivity contribution is 0.790. The van der Waals surface area contributed by atoms with Gasteiger partial charge in [-0.05, 0) is 40.0 Å². The lowest BCUT2D eigenvalue weighted by atomic mass is 9.85. The summed E-state index contributed by atoms with van der Waals surface area (Å²) in [5.74, 6) is 2.60. The Balaban J connectivity index is 0. The fourth-order valence-corrected chi connectivity index (χ4v) is 2.65. The summed E-state index contributed by atoms with van der Waals surface area (Å²) in [5, 5.41) is 0. The third-order valence-corrected chi connectivity index (χ3v) is 3.73. The zero-order chi connectivity index (χ0) is 17.2. The van der Waals surface area contributed by atoms with E-state index in [2.05, 4.69) is 92.6 Å². The Morgan fingerprint density at radius 3 is 1.29 bits per heavy atom. The molecule has 0 N–H and O–H groups in total. The van der Waals surface area contributed by atoms with Crippen LogP contribution in [-0.4, -0.2) is 0 Å². The van der Waals surface area contributed by atoms with Gasteiger partial charge in [-0.3, -0.25) is 0 Å². The maximum Gasteiger partial charge on any atom is 0.0159 e. The van der Waals surface area contributed by atoms with Crippen LogP contribution in [0.3, 0.4) is 0 Å². The molecule has 1 rings (SSSR count). The van der Waals surface area contributed by atoms with Gasteiger partial charge >= 0.3 is 0 Å². The van der Waals surface area contributed by atoms with Gasteiger partial charge in [0, 0.05) is 5.75 Å². The summed E-state index contributed by atoms with van der Waals surface area (Å²) >= 11 is 4.52. The van der Waals surface area contributed by atoms with E-state index in [0.717, 1.165) is 5.75 Å². The van der Waals surface area contributed by atoms with E-state index in [1.807, 2.05) is 0 Å². The van der Waals surface area contributed by atoms with Crippen LogP contribution in [0.5, 0.6) is 0 Å². The summed E-state index contributed by atoms with van der Waals surface area (Å²) in [5.41, 5.74) is 5.87. The van der Waals surface area contributed by atoms with Crippen molar-refractivity contribution in [2.24, 2.45) is 0 Å². The molecule has 0 aromatic heterocycles. The van der Waals surface area contributed by atoms with Gasteiger partial charge in [-0.1, -0.05) is 53.7 Å². The topological polar surface area (TPSA) is 0 Å². The molecule has 0 aliphatic heterocycles. The molecule has 0 saturated heterocycles. The third kappa shape index (κ3) is 6.56. The molecule has 0 aliphatic rings. The summed E-state index contributed by atoms with van der Waals surface area (Å²) in [6.45, 7) is 25.6. The zero-order valence-corrected chi connectivity index (χ0v) is 15.8. The largest absolute Gasteiger partial charge is 0.175 e. The Morgan fingerprint density at radius 1 is 0.762 bits per heavy atom. The Bertz CT molecular complexity index is 371. The van der Waals surface area contributed by atoms with Gasteiger partial charge in [-0.2, -0.15) is 12.6 Å². The van der Waals surface area contributed by atoms with Gasteiger partial charge in [0.25, 0.3) is 0 Å². The highest BCUT2D eigenvalue weighted by Gasteiger charge is 2.15. The van der Waals surface area contributed by atoms with Crippen LogP contribution in [0, 0.1) is 0 Å². The van der Waals surface area contributed by atoms with E-state index in [9.17, 15) is 0 Å². The van der Waals surface area contributed by atoms with Crippen LogP contribution in [-0.2, 0) is 5.75 Å². The summed E-state index contributed by atoms with van der Waals surface area (Å²) in [7, 11) is 0. The number of rotatable bonds is 4. The molecule has 0 nitrogen and oxygen atoms in total. The molecule has 0 heterocycles. The van der Waals surface area contributed by atoms with Gasteiger partial charge in [0.2, 0.25) is 0 Å². The average Bonchev–Trinajstić information content (AvgIpc) is 2.49.